The minimum absolute atomic E-state index is 0.100. The van der Waals surface area contributed by atoms with Crippen molar-refractivity contribution >= 4 is 5.82 Å². The van der Waals surface area contributed by atoms with E-state index in [0.717, 1.165) is 19.0 Å². The van der Waals surface area contributed by atoms with Gasteiger partial charge in [0.1, 0.15) is 11.6 Å². The summed E-state index contributed by atoms with van der Waals surface area (Å²) in [6, 6.07) is 1.51. The molecule has 0 spiro atoms. The van der Waals surface area contributed by atoms with E-state index in [1.165, 1.54) is 32.0 Å². The maximum atomic E-state index is 11.3. The van der Waals surface area contributed by atoms with Crippen molar-refractivity contribution in [3.05, 3.63) is 22.2 Å². The van der Waals surface area contributed by atoms with Gasteiger partial charge in [0.15, 0.2) is 0 Å². The van der Waals surface area contributed by atoms with Crippen LogP contribution < -0.4 is 10.9 Å². The van der Waals surface area contributed by atoms with E-state index >= 15 is 0 Å². The molecule has 0 bridgehead atoms. The van der Waals surface area contributed by atoms with Gasteiger partial charge in [-0.3, -0.25) is 4.79 Å². The third-order valence-electron chi connectivity index (χ3n) is 3.47. The molecule has 0 unspecified atom stereocenters. The minimum atomic E-state index is -0.100. The van der Waals surface area contributed by atoms with Gasteiger partial charge in [0.2, 0.25) is 0 Å². The molecule has 0 amide bonds. The molecule has 1 aromatic rings. The van der Waals surface area contributed by atoms with Crippen LogP contribution in [0.3, 0.4) is 0 Å². The largest absolute Gasteiger partial charge is 0.369 e. The zero-order valence-corrected chi connectivity index (χ0v) is 11.2. The normalized spacial score (nSPS) is 17.9. The van der Waals surface area contributed by atoms with Crippen molar-refractivity contribution in [3.63, 3.8) is 0 Å². The SMILES string of the molecule is Cc1nc(NCCN2CCC(C)CC2)cc(=O)[nH]1. The van der Waals surface area contributed by atoms with Crippen molar-refractivity contribution in [1.82, 2.24) is 14.9 Å². The number of nitrogens with zero attached hydrogens (tertiary/aromatic N) is 2. The number of anilines is 1. The number of hydrogen-bond acceptors (Lipinski definition) is 4. The first-order valence-electron chi connectivity index (χ1n) is 6.67. The van der Waals surface area contributed by atoms with Crippen LogP contribution in [0.5, 0.6) is 0 Å². The van der Waals surface area contributed by atoms with Gasteiger partial charge in [-0.1, -0.05) is 6.92 Å². The Kier molecular flexibility index (Phi) is 4.36. The zero-order chi connectivity index (χ0) is 13.0. The molecule has 100 valence electrons. The molecule has 1 aliphatic rings. The van der Waals surface area contributed by atoms with Crippen molar-refractivity contribution in [1.29, 1.82) is 0 Å². The Balaban J connectivity index is 1.76. The second-order valence-corrected chi connectivity index (χ2v) is 5.17. The van der Waals surface area contributed by atoms with Crippen LogP contribution in [0.25, 0.3) is 0 Å². The topological polar surface area (TPSA) is 61.0 Å². The second-order valence-electron chi connectivity index (χ2n) is 5.17. The third-order valence-corrected chi connectivity index (χ3v) is 3.47. The molecule has 5 nitrogen and oxygen atoms in total. The molecule has 2 rings (SSSR count). The molecule has 1 saturated heterocycles. The number of H-pyrrole nitrogens is 1. The number of piperidine rings is 1. The van der Waals surface area contributed by atoms with E-state index in [-0.39, 0.29) is 5.56 Å². The first-order chi connectivity index (χ1) is 8.63. The molecule has 5 heteroatoms. The highest BCUT2D eigenvalue weighted by atomic mass is 16.1. The van der Waals surface area contributed by atoms with Crippen molar-refractivity contribution in [2.75, 3.05) is 31.5 Å². The second kappa shape index (κ2) is 6.00. The first-order valence-corrected chi connectivity index (χ1v) is 6.67. The summed E-state index contributed by atoms with van der Waals surface area (Å²) >= 11 is 0. The summed E-state index contributed by atoms with van der Waals surface area (Å²) in [7, 11) is 0. The summed E-state index contributed by atoms with van der Waals surface area (Å²) in [5.74, 6) is 2.18. The van der Waals surface area contributed by atoms with E-state index in [0.29, 0.717) is 11.6 Å². The molecule has 0 radical (unpaired) electrons. The number of hydrogen-bond donors (Lipinski definition) is 2. The monoisotopic (exact) mass is 250 g/mol. The van der Waals surface area contributed by atoms with Crippen LogP contribution in [0.1, 0.15) is 25.6 Å². The van der Waals surface area contributed by atoms with E-state index in [9.17, 15) is 4.79 Å². The molecule has 0 aromatic carbocycles. The fourth-order valence-electron chi connectivity index (χ4n) is 2.30. The van der Waals surface area contributed by atoms with Crippen LogP contribution >= 0.6 is 0 Å². The summed E-state index contributed by atoms with van der Waals surface area (Å²) in [5, 5.41) is 3.21. The van der Waals surface area contributed by atoms with Gasteiger partial charge in [-0.05, 0) is 38.8 Å². The van der Waals surface area contributed by atoms with Crippen LogP contribution in [0.15, 0.2) is 10.9 Å². The highest BCUT2D eigenvalue weighted by molar-refractivity contribution is 5.32. The Labute approximate surface area is 108 Å². The lowest BCUT2D eigenvalue weighted by Gasteiger charge is -2.30. The standard InChI is InChI=1S/C13H22N4O/c1-10-3-6-17(7-4-10)8-5-14-12-9-13(18)16-11(2)15-12/h9-10H,3-8H2,1-2H3,(H2,14,15,16,18). The summed E-state index contributed by atoms with van der Waals surface area (Å²) in [4.78, 5) is 20.6. The average Bonchev–Trinajstić information content (AvgIpc) is 2.30. The van der Waals surface area contributed by atoms with Gasteiger partial charge in [0.25, 0.3) is 5.56 Å². The molecular weight excluding hydrogens is 228 g/mol. The Morgan fingerprint density at radius 3 is 2.89 bits per heavy atom. The molecule has 1 fully saturated rings. The number of rotatable bonds is 4. The lowest BCUT2D eigenvalue weighted by atomic mass is 9.99. The van der Waals surface area contributed by atoms with Crippen molar-refractivity contribution < 1.29 is 0 Å². The van der Waals surface area contributed by atoms with Crippen LogP contribution in [-0.4, -0.2) is 41.0 Å². The number of aromatic amines is 1. The van der Waals surface area contributed by atoms with Crippen LogP contribution in [0.4, 0.5) is 5.82 Å². The van der Waals surface area contributed by atoms with Gasteiger partial charge in [-0.25, -0.2) is 4.98 Å². The van der Waals surface area contributed by atoms with Crippen LogP contribution in [-0.2, 0) is 0 Å². The van der Waals surface area contributed by atoms with Crippen LogP contribution in [0.2, 0.25) is 0 Å². The van der Waals surface area contributed by atoms with E-state index in [2.05, 4.69) is 27.1 Å². The van der Waals surface area contributed by atoms with Gasteiger partial charge in [0, 0.05) is 19.2 Å². The number of likely N-dealkylation sites (tertiary alicyclic amines) is 1. The summed E-state index contributed by atoms with van der Waals surface area (Å²) in [6.45, 7) is 8.33. The van der Waals surface area contributed by atoms with Gasteiger partial charge >= 0.3 is 0 Å². The number of aryl methyl sites for hydroxylation is 1. The summed E-state index contributed by atoms with van der Waals surface area (Å²) in [5.41, 5.74) is -0.100. The van der Waals surface area contributed by atoms with E-state index in [1.807, 2.05) is 0 Å². The summed E-state index contributed by atoms with van der Waals surface area (Å²) in [6.07, 6.45) is 2.59. The van der Waals surface area contributed by atoms with Gasteiger partial charge < -0.3 is 15.2 Å². The smallest absolute Gasteiger partial charge is 0.252 e. The fraction of sp³-hybridized carbons (Fsp3) is 0.692. The maximum absolute atomic E-state index is 11.3. The molecule has 0 saturated carbocycles. The van der Waals surface area contributed by atoms with E-state index < -0.39 is 0 Å². The number of nitrogens with one attached hydrogen (secondary N) is 2. The van der Waals surface area contributed by atoms with E-state index in [4.69, 9.17) is 0 Å². The highest BCUT2D eigenvalue weighted by Gasteiger charge is 2.14. The molecule has 2 heterocycles. The Morgan fingerprint density at radius 2 is 2.22 bits per heavy atom. The average molecular weight is 250 g/mol. The predicted octanol–water partition coefficient (Wildman–Crippen LogP) is 1.22. The molecule has 1 aromatic heterocycles. The lowest BCUT2D eigenvalue weighted by Crippen LogP contribution is -2.36. The number of aromatic nitrogens is 2. The maximum Gasteiger partial charge on any atom is 0.252 e. The Bertz CT molecular complexity index is 435. The van der Waals surface area contributed by atoms with Gasteiger partial charge in [-0.2, -0.15) is 0 Å². The van der Waals surface area contributed by atoms with Crippen LogP contribution in [0, 0.1) is 12.8 Å². The van der Waals surface area contributed by atoms with Gasteiger partial charge in [0.05, 0.1) is 0 Å². The predicted molar refractivity (Wildman–Crippen MR) is 72.9 cm³/mol. The fourth-order valence-corrected chi connectivity index (χ4v) is 2.30. The lowest BCUT2D eigenvalue weighted by molar-refractivity contribution is 0.199. The zero-order valence-electron chi connectivity index (χ0n) is 11.2. The van der Waals surface area contributed by atoms with Crippen molar-refractivity contribution in [3.8, 4) is 0 Å². The molecular formula is C13H22N4O. The van der Waals surface area contributed by atoms with Crippen molar-refractivity contribution in [2.24, 2.45) is 5.92 Å². The molecule has 1 aliphatic heterocycles. The molecule has 2 N–H and O–H groups in total. The van der Waals surface area contributed by atoms with Crippen molar-refractivity contribution in [2.45, 2.75) is 26.7 Å². The minimum Gasteiger partial charge on any atom is -0.369 e. The Morgan fingerprint density at radius 1 is 1.50 bits per heavy atom. The third kappa shape index (κ3) is 3.84. The molecule has 0 atom stereocenters. The van der Waals surface area contributed by atoms with Gasteiger partial charge in [-0.15, -0.1) is 0 Å². The first kappa shape index (κ1) is 13.1. The Hall–Kier alpha value is -1.36. The molecule has 18 heavy (non-hydrogen) atoms. The van der Waals surface area contributed by atoms with E-state index in [1.54, 1.807) is 6.92 Å². The summed E-state index contributed by atoms with van der Waals surface area (Å²) < 4.78 is 0. The quantitative estimate of drug-likeness (QED) is 0.843. The highest BCUT2D eigenvalue weighted by Crippen LogP contribution is 2.15. The molecule has 0 aliphatic carbocycles.